The van der Waals surface area contributed by atoms with Crippen LogP contribution in [0.15, 0.2) is 54.7 Å². The number of halogens is 1. The number of H-pyrrole nitrogens is 1. The van der Waals surface area contributed by atoms with Crippen molar-refractivity contribution in [1.82, 2.24) is 4.98 Å². The van der Waals surface area contributed by atoms with E-state index in [1.54, 1.807) is 18.3 Å². The Morgan fingerprint density at radius 3 is 2.85 bits per heavy atom. The van der Waals surface area contributed by atoms with Crippen molar-refractivity contribution in [3.63, 3.8) is 0 Å². The molecule has 0 radical (unpaired) electrons. The lowest BCUT2D eigenvalue weighted by atomic mass is 10.2. The van der Waals surface area contributed by atoms with E-state index in [0.29, 0.717) is 10.6 Å². The fraction of sp³-hybridized carbons (Fsp3) is 0.0625. The molecule has 3 nitrogen and oxygen atoms in total. The maximum absolute atomic E-state index is 12.1. The van der Waals surface area contributed by atoms with E-state index >= 15 is 0 Å². The number of benzene rings is 2. The highest BCUT2D eigenvalue weighted by Crippen LogP contribution is 2.19. The highest BCUT2D eigenvalue weighted by Gasteiger charge is 2.13. The molecule has 0 aliphatic rings. The first-order valence-corrected chi connectivity index (χ1v) is 6.59. The predicted octanol–water partition coefficient (Wildman–Crippen LogP) is 4.18. The molecule has 20 heavy (non-hydrogen) atoms. The average Bonchev–Trinajstić information content (AvgIpc) is 2.89. The van der Waals surface area contributed by atoms with Crippen molar-refractivity contribution < 1.29 is 9.53 Å². The van der Waals surface area contributed by atoms with Crippen LogP contribution >= 0.6 is 11.6 Å². The minimum atomic E-state index is -0.345. The molecule has 2 aromatic carbocycles. The third-order valence-electron chi connectivity index (χ3n) is 3.07. The fourth-order valence-corrected chi connectivity index (χ4v) is 2.31. The second kappa shape index (κ2) is 5.39. The molecule has 0 saturated heterocycles. The first-order chi connectivity index (χ1) is 9.74. The molecule has 4 heteroatoms. The van der Waals surface area contributed by atoms with E-state index in [4.69, 9.17) is 16.3 Å². The largest absolute Gasteiger partial charge is 0.457 e. The molecule has 0 amide bonds. The van der Waals surface area contributed by atoms with Gasteiger partial charge in [0.05, 0.1) is 5.56 Å². The number of carbonyl (C=O) groups excluding carboxylic acids is 1. The average molecular weight is 286 g/mol. The maximum atomic E-state index is 12.1. The van der Waals surface area contributed by atoms with Crippen molar-refractivity contribution in [1.29, 1.82) is 0 Å². The summed E-state index contributed by atoms with van der Waals surface area (Å²) in [4.78, 5) is 15.2. The molecule has 1 N–H and O–H groups in total. The van der Waals surface area contributed by atoms with Crippen LogP contribution in [0.4, 0.5) is 0 Å². The molecule has 100 valence electrons. The van der Waals surface area contributed by atoms with Gasteiger partial charge in [0.15, 0.2) is 0 Å². The van der Waals surface area contributed by atoms with Gasteiger partial charge >= 0.3 is 5.97 Å². The van der Waals surface area contributed by atoms with Gasteiger partial charge in [-0.15, -0.1) is 0 Å². The summed E-state index contributed by atoms with van der Waals surface area (Å²) >= 11 is 5.89. The first kappa shape index (κ1) is 12.8. The Bertz CT molecular complexity index is 764. The zero-order valence-electron chi connectivity index (χ0n) is 10.6. The number of para-hydroxylation sites is 1. The summed E-state index contributed by atoms with van der Waals surface area (Å²) in [6.45, 7) is 0.207. The zero-order valence-corrected chi connectivity index (χ0v) is 11.4. The molecule has 0 bridgehead atoms. The molecule has 0 saturated carbocycles. The number of fused-ring (bicyclic) bond motifs is 1. The minimum absolute atomic E-state index is 0.207. The van der Waals surface area contributed by atoms with Crippen molar-refractivity contribution >= 4 is 28.5 Å². The number of hydrogen-bond acceptors (Lipinski definition) is 2. The second-order valence-electron chi connectivity index (χ2n) is 4.45. The van der Waals surface area contributed by atoms with Gasteiger partial charge in [-0.1, -0.05) is 41.9 Å². The topological polar surface area (TPSA) is 42.1 Å². The van der Waals surface area contributed by atoms with Crippen LogP contribution < -0.4 is 0 Å². The molecule has 0 unspecified atom stereocenters. The highest BCUT2D eigenvalue weighted by molar-refractivity contribution is 6.30. The molecule has 0 aliphatic carbocycles. The molecule has 0 aliphatic heterocycles. The van der Waals surface area contributed by atoms with Gasteiger partial charge in [0.25, 0.3) is 0 Å². The molecular formula is C16H12ClNO2. The summed E-state index contributed by atoms with van der Waals surface area (Å²) in [5.41, 5.74) is 2.33. The predicted molar refractivity (Wildman–Crippen MR) is 78.9 cm³/mol. The quantitative estimate of drug-likeness (QED) is 0.734. The van der Waals surface area contributed by atoms with Gasteiger partial charge < -0.3 is 9.72 Å². The van der Waals surface area contributed by atoms with Crippen molar-refractivity contribution in [3.05, 3.63) is 70.9 Å². The van der Waals surface area contributed by atoms with E-state index in [1.165, 1.54) is 0 Å². The summed E-state index contributed by atoms with van der Waals surface area (Å²) in [6.07, 6.45) is 1.67. The monoisotopic (exact) mass is 285 g/mol. The molecular weight excluding hydrogens is 274 g/mol. The van der Waals surface area contributed by atoms with Crippen molar-refractivity contribution in [2.24, 2.45) is 0 Å². The lowest BCUT2D eigenvalue weighted by molar-refractivity contribution is 0.0475. The van der Waals surface area contributed by atoms with Crippen LogP contribution in [0, 0.1) is 0 Å². The van der Waals surface area contributed by atoms with Crippen LogP contribution in [0.1, 0.15) is 15.9 Å². The Kier molecular flexibility index (Phi) is 3.44. The Balaban J connectivity index is 1.76. The molecule has 1 aromatic heterocycles. The molecule has 3 rings (SSSR count). The number of esters is 1. The Labute approximate surface area is 121 Å². The molecule has 0 spiro atoms. The number of hydrogen-bond donors (Lipinski definition) is 1. The fourth-order valence-electron chi connectivity index (χ4n) is 2.09. The van der Waals surface area contributed by atoms with Gasteiger partial charge in [0.1, 0.15) is 6.61 Å². The third-order valence-corrected chi connectivity index (χ3v) is 3.30. The Morgan fingerprint density at radius 2 is 2.00 bits per heavy atom. The number of aromatic nitrogens is 1. The Morgan fingerprint density at radius 1 is 1.15 bits per heavy atom. The van der Waals surface area contributed by atoms with Crippen molar-refractivity contribution in [2.45, 2.75) is 6.61 Å². The van der Waals surface area contributed by atoms with E-state index in [0.717, 1.165) is 16.5 Å². The number of rotatable bonds is 3. The van der Waals surface area contributed by atoms with Crippen LogP contribution in [-0.2, 0) is 11.3 Å². The van der Waals surface area contributed by atoms with Crippen LogP contribution in [-0.4, -0.2) is 11.0 Å². The SMILES string of the molecule is O=C(OCc1cccc(Cl)c1)c1c[nH]c2ccccc12. The summed E-state index contributed by atoms with van der Waals surface area (Å²) in [5, 5.41) is 1.49. The van der Waals surface area contributed by atoms with Crippen LogP contribution in [0.25, 0.3) is 10.9 Å². The normalized spacial score (nSPS) is 10.7. The molecule has 1 heterocycles. The van der Waals surface area contributed by atoms with E-state index in [9.17, 15) is 4.79 Å². The maximum Gasteiger partial charge on any atom is 0.340 e. The van der Waals surface area contributed by atoms with E-state index in [-0.39, 0.29) is 12.6 Å². The second-order valence-corrected chi connectivity index (χ2v) is 4.89. The molecule has 3 aromatic rings. The standard InChI is InChI=1S/C16H12ClNO2/c17-12-5-3-4-11(8-12)10-20-16(19)14-9-18-15-7-2-1-6-13(14)15/h1-9,18H,10H2. The zero-order chi connectivity index (χ0) is 13.9. The third kappa shape index (κ3) is 2.53. The van der Waals surface area contributed by atoms with Gasteiger partial charge in [-0.25, -0.2) is 4.79 Å². The van der Waals surface area contributed by atoms with Gasteiger partial charge in [-0.2, -0.15) is 0 Å². The van der Waals surface area contributed by atoms with Gasteiger partial charge in [0, 0.05) is 22.1 Å². The number of ether oxygens (including phenoxy) is 1. The van der Waals surface area contributed by atoms with Crippen LogP contribution in [0.5, 0.6) is 0 Å². The van der Waals surface area contributed by atoms with Gasteiger partial charge in [0.2, 0.25) is 0 Å². The van der Waals surface area contributed by atoms with E-state index in [2.05, 4.69) is 4.98 Å². The summed E-state index contributed by atoms with van der Waals surface area (Å²) in [7, 11) is 0. The number of aromatic amines is 1. The summed E-state index contributed by atoms with van der Waals surface area (Å²) in [6, 6.07) is 14.9. The van der Waals surface area contributed by atoms with Crippen molar-refractivity contribution in [3.8, 4) is 0 Å². The minimum Gasteiger partial charge on any atom is -0.457 e. The lowest BCUT2D eigenvalue weighted by Crippen LogP contribution is -2.04. The summed E-state index contributed by atoms with van der Waals surface area (Å²) in [5.74, 6) is -0.345. The number of carbonyl (C=O) groups is 1. The lowest BCUT2D eigenvalue weighted by Gasteiger charge is -2.04. The summed E-state index contributed by atoms with van der Waals surface area (Å²) < 4.78 is 5.32. The number of nitrogens with one attached hydrogen (secondary N) is 1. The Hall–Kier alpha value is -2.26. The molecule has 0 fully saturated rings. The highest BCUT2D eigenvalue weighted by atomic mass is 35.5. The van der Waals surface area contributed by atoms with Crippen LogP contribution in [0.2, 0.25) is 5.02 Å². The van der Waals surface area contributed by atoms with Crippen molar-refractivity contribution in [2.75, 3.05) is 0 Å². The molecule has 0 atom stereocenters. The smallest absolute Gasteiger partial charge is 0.340 e. The van der Waals surface area contributed by atoms with E-state index < -0.39 is 0 Å². The van der Waals surface area contributed by atoms with Crippen LogP contribution in [0.3, 0.4) is 0 Å². The van der Waals surface area contributed by atoms with Gasteiger partial charge in [-0.3, -0.25) is 0 Å². The van der Waals surface area contributed by atoms with E-state index in [1.807, 2.05) is 36.4 Å². The first-order valence-electron chi connectivity index (χ1n) is 6.22. The van der Waals surface area contributed by atoms with Gasteiger partial charge in [-0.05, 0) is 23.8 Å².